The fourth-order valence-corrected chi connectivity index (χ4v) is 1.42. The number of ether oxygens (including phenoxy) is 2. The second kappa shape index (κ2) is 4.28. The van der Waals surface area contributed by atoms with Crippen LogP contribution < -0.4 is 4.74 Å². The summed E-state index contributed by atoms with van der Waals surface area (Å²) in [5.74, 6) is 0.234. The Balaban J connectivity index is 1.91. The van der Waals surface area contributed by atoms with Gasteiger partial charge in [-0.05, 0) is 28.1 Å². The van der Waals surface area contributed by atoms with Crippen molar-refractivity contribution in [3.63, 3.8) is 0 Å². The van der Waals surface area contributed by atoms with Crippen molar-refractivity contribution in [3.8, 4) is 5.75 Å². The van der Waals surface area contributed by atoms with Crippen molar-refractivity contribution < 1.29 is 13.9 Å². The van der Waals surface area contributed by atoms with E-state index < -0.39 is 0 Å². The molecule has 0 aromatic heterocycles. The first-order chi connectivity index (χ1) is 6.75. The summed E-state index contributed by atoms with van der Waals surface area (Å²) in [7, 11) is 0. The molecule has 14 heavy (non-hydrogen) atoms. The van der Waals surface area contributed by atoms with E-state index in [0.29, 0.717) is 16.8 Å². The number of hydrogen-bond donors (Lipinski definition) is 0. The second-order valence-electron chi connectivity index (χ2n) is 3.17. The molecule has 0 radical (unpaired) electrons. The predicted octanol–water partition coefficient (Wildman–Crippen LogP) is 2.76. The van der Waals surface area contributed by atoms with Gasteiger partial charge in [-0.15, -0.1) is 0 Å². The minimum absolute atomic E-state index is 0.182. The minimum atomic E-state index is -0.308. The minimum Gasteiger partial charge on any atom is -0.491 e. The first-order valence-electron chi connectivity index (χ1n) is 4.45. The molecule has 1 aliphatic rings. The molecule has 76 valence electrons. The van der Waals surface area contributed by atoms with E-state index in [-0.39, 0.29) is 11.9 Å². The van der Waals surface area contributed by atoms with Crippen LogP contribution in [-0.4, -0.2) is 19.3 Å². The monoisotopic (exact) mass is 260 g/mol. The molecular weight excluding hydrogens is 251 g/mol. The molecule has 1 aromatic rings. The average molecular weight is 261 g/mol. The molecule has 4 heteroatoms. The molecule has 1 atom stereocenters. The molecule has 2 nitrogen and oxygen atoms in total. The highest BCUT2D eigenvalue weighted by Gasteiger charge is 2.18. The third kappa shape index (κ3) is 2.25. The van der Waals surface area contributed by atoms with Gasteiger partial charge in [0.05, 0.1) is 10.6 Å². The van der Waals surface area contributed by atoms with Gasteiger partial charge in [0, 0.05) is 19.1 Å². The van der Waals surface area contributed by atoms with Crippen LogP contribution in [0.1, 0.15) is 6.42 Å². The first kappa shape index (κ1) is 9.93. The summed E-state index contributed by atoms with van der Waals surface area (Å²) in [5, 5.41) is 0. The molecule has 1 aliphatic heterocycles. The zero-order chi connectivity index (χ0) is 9.97. The lowest BCUT2D eigenvalue weighted by Crippen LogP contribution is -2.32. The molecule has 1 aromatic carbocycles. The maximum Gasteiger partial charge on any atom is 0.141 e. The Morgan fingerprint density at radius 1 is 1.57 bits per heavy atom. The van der Waals surface area contributed by atoms with E-state index in [1.165, 1.54) is 6.07 Å². The fourth-order valence-electron chi connectivity index (χ4n) is 1.17. The van der Waals surface area contributed by atoms with E-state index >= 15 is 0 Å². The van der Waals surface area contributed by atoms with Crippen molar-refractivity contribution in [1.29, 1.82) is 0 Å². The highest BCUT2D eigenvalue weighted by atomic mass is 79.9. The molecule has 1 fully saturated rings. The largest absolute Gasteiger partial charge is 0.491 e. The summed E-state index contributed by atoms with van der Waals surface area (Å²) in [6.07, 6.45) is 1.21. The highest BCUT2D eigenvalue weighted by Crippen LogP contribution is 2.22. The molecule has 0 aliphatic carbocycles. The van der Waals surface area contributed by atoms with Gasteiger partial charge in [0.15, 0.2) is 0 Å². The van der Waals surface area contributed by atoms with Crippen molar-refractivity contribution >= 4 is 15.9 Å². The van der Waals surface area contributed by atoms with Gasteiger partial charge in [0.1, 0.15) is 18.2 Å². The van der Waals surface area contributed by atoms with Crippen LogP contribution in [0.15, 0.2) is 22.7 Å². The molecule has 0 spiro atoms. The molecule has 0 N–H and O–H groups in total. The van der Waals surface area contributed by atoms with Gasteiger partial charge < -0.3 is 9.47 Å². The normalized spacial score (nSPS) is 20.3. The van der Waals surface area contributed by atoms with Crippen LogP contribution in [0, 0.1) is 5.82 Å². The SMILES string of the molecule is Fc1cc(OCC2CCO2)ccc1Br. The van der Waals surface area contributed by atoms with Crippen LogP contribution in [0.5, 0.6) is 5.75 Å². The average Bonchev–Trinajstić information content (AvgIpc) is 2.08. The maximum absolute atomic E-state index is 13.0. The quantitative estimate of drug-likeness (QED) is 0.832. The van der Waals surface area contributed by atoms with E-state index in [9.17, 15) is 4.39 Å². The Morgan fingerprint density at radius 3 is 2.93 bits per heavy atom. The zero-order valence-electron chi connectivity index (χ0n) is 7.50. The number of rotatable bonds is 3. The summed E-state index contributed by atoms with van der Waals surface area (Å²) in [6.45, 7) is 1.31. The van der Waals surface area contributed by atoms with Gasteiger partial charge in [-0.3, -0.25) is 0 Å². The Labute approximate surface area is 90.1 Å². The summed E-state index contributed by atoms with van der Waals surface area (Å²) >= 11 is 3.08. The van der Waals surface area contributed by atoms with Crippen LogP contribution in [0.3, 0.4) is 0 Å². The van der Waals surface area contributed by atoms with Crippen molar-refractivity contribution in [3.05, 3.63) is 28.5 Å². The summed E-state index contributed by atoms with van der Waals surface area (Å²) in [6, 6.07) is 4.72. The second-order valence-corrected chi connectivity index (χ2v) is 4.02. The molecule has 0 bridgehead atoms. The third-order valence-electron chi connectivity index (χ3n) is 2.12. The lowest BCUT2D eigenvalue weighted by molar-refractivity contribution is -0.0721. The number of hydrogen-bond acceptors (Lipinski definition) is 2. The molecule has 1 saturated heterocycles. The van der Waals surface area contributed by atoms with Gasteiger partial charge in [-0.25, -0.2) is 4.39 Å². The van der Waals surface area contributed by atoms with E-state index in [1.54, 1.807) is 12.1 Å². The van der Waals surface area contributed by atoms with Crippen LogP contribution >= 0.6 is 15.9 Å². The molecule has 1 heterocycles. The van der Waals surface area contributed by atoms with E-state index in [4.69, 9.17) is 9.47 Å². The number of benzene rings is 1. The first-order valence-corrected chi connectivity index (χ1v) is 5.24. The molecule has 1 unspecified atom stereocenters. The van der Waals surface area contributed by atoms with Gasteiger partial charge in [-0.1, -0.05) is 0 Å². The third-order valence-corrected chi connectivity index (χ3v) is 2.76. The summed E-state index contributed by atoms with van der Waals surface area (Å²) in [4.78, 5) is 0. The van der Waals surface area contributed by atoms with Crippen LogP contribution in [0.2, 0.25) is 0 Å². The summed E-state index contributed by atoms with van der Waals surface area (Å²) < 4.78 is 24.0. The lowest BCUT2D eigenvalue weighted by atomic mass is 10.2. The maximum atomic E-state index is 13.0. The Hall–Kier alpha value is -0.610. The molecule has 0 saturated carbocycles. The van der Waals surface area contributed by atoms with E-state index in [1.807, 2.05) is 0 Å². The van der Waals surface area contributed by atoms with Crippen LogP contribution in [-0.2, 0) is 4.74 Å². The van der Waals surface area contributed by atoms with Gasteiger partial charge >= 0.3 is 0 Å². The van der Waals surface area contributed by atoms with E-state index in [0.717, 1.165) is 13.0 Å². The molecule has 2 rings (SSSR count). The smallest absolute Gasteiger partial charge is 0.141 e. The van der Waals surface area contributed by atoms with Gasteiger partial charge in [-0.2, -0.15) is 0 Å². The Morgan fingerprint density at radius 2 is 2.36 bits per heavy atom. The van der Waals surface area contributed by atoms with Crippen LogP contribution in [0.25, 0.3) is 0 Å². The van der Waals surface area contributed by atoms with Crippen molar-refractivity contribution in [2.75, 3.05) is 13.2 Å². The zero-order valence-corrected chi connectivity index (χ0v) is 9.09. The fraction of sp³-hybridized carbons (Fsp3) is 0.400. The van der Waals surface area contributed by atoms with Gasteiger partial charge in [0.25, 0.3) is 0 Å². The molecular formula is C10H10BrFO2. The van der Waals surface area contributed by atoms with Gasteiger partial charge in [0.2, 0.25) is 0 Å². The standard InChI is InChI=1S/C10H10BrFO2/c11-9-2-1-7(5-10(9)12)14-6-8-3-4-13-8/h1-2,5,8H,3-4,6H2. The van der Waals surface area contributed by atoms with E-state index in [2.05, 4.69) is 15.9 Å². The van der Waals surface area contributed by atoms with Crippen LogP contribution in [0.4, 0.5) is 4.39 Å². The Kier molecular flexibility index (Phi) is 3.03. The van der Waals surface area contributed by atoms with Crippen molar-refractivity contribution in [2.24, 2.45) is 0 Å². The number of halogens is 2. The topological polar surface area (TPSA) is 18.5 Å². The molecule has 0 amide bonds. The van der Waals surface area contributed by atoms with Crippen molar-refractivity contribution in [2.45, 2.75) is 12.5 Å². The highest BCUT2D eigenvalue weighted by molar-refractivity contribution is 9.10. The summed E-state index contributed by atoms with van der Waals surface area (Å²) in [5.41, 5.74) is 0. The predicted molar refractivity (Wildman–Crippen MR) is 54.0 cm³/mol. The Bertz CT molecular complexity index is 326. The van der Waals surface area contributed by atoms with Crippen molar-refractivity contribution in [1.82, 2.24) is 0 Å². The lowest BCUT2D eigenvalue weighted by Gasteiger charge is -2.26.